The number of benzene rings is 1. The first-order valence-corrected chi connectivity index (χ1v) is 11.1. The highest BCUT2D eigenvalue weighted by Gasteiger charge is 2.28. The van der Waals surface area contributed by atoms with Gasteiger partial charge in [0.2, 0.25) is 0 Å². The Kier molecular flexibility index (Phi) is 9.19. The fourth-order valence-corrected chi connectivity index (χ4v) is 4.49. The van der Waals surface area contributed by atoms with E-state index in [4.69, 9.17) is 0 Å². The van der Waals surface area contributed by atoms with Crippen molar-refractivity contribution in [3.8, 4) is 0 Å². The number of carbonyl (C=O) groups excluding carboxylic acids is 1. The van der Waals surface area contributed by atoms with Crippen LogP contribution in [0, 0.1) is 0 Å². The average Bonchev–Trinajstić information content (AvgIpc) is 2.90. The van der Waals surface area contributed by atoms with E-state index in [0.717, 1.165) is 5.56 Å². The minimum absolute atomic E-state index is 0. The summed E-state index contributed by atoms with van der Waals surface area (Å²) in [6, 6.07) is 7.25. The Hall–Kier alpha value is -1.36. The number of amides is 1. The Morgan fingerprint density at radius 1 is 1.29 bits per heavy atom. The lowest BCUT2D eigenvalue weighted by Crippen LogP contribution is -2.44. The second kappa shape index (κ2) is 10.4. The molecule has 1 saturated heterocycles. The number of hydrogen-bond donors (Lipinski definition) is 3. The Morgan fingerprint density at radius 2 is 2.00 bits per heavy atom. The molecule has 1 fully saturated rings. The minimum Gasteiger partial charge on any atom is -0.357 e. The zero-order chi connectivity index (χ0) is 20.1. The molecule has 1 aliphatic rings. The van der Waals surface area contributed by atoms with Crippen LogP contribution in [-0.2, 0) is 16.4 Å². The summed E-state index contributed by atoms with van der Waals surface area (Å²) in [7, 11) is -2.94. The van der Waals surface area contributed by atoms with Gasteiger partial charge in [0.25, 0.3) is 5.91 Å². The van der Waals surface area contributed by atoms with Crippen LogP contribution in [0.5, 0.6) is 0 Å². The first kappa shape index (κ1) is 24.7. The van der Waals surface area contributed by atoms with Crippen LogP contribution in [0.25, 0.3) is 0 Å². The summed E-state index contributed by atoms with van der Waals surface area (Å²) in [4.78, 5) is 16.9. The topological polar surface area (TPSA) is 99.7 Å². The number of nitrogens with zero attached hydrogens (tertiary/aromatic N) is 1. The second-order valence-electron chi connectivity index (χ2n) is 7.84. The van der Waals surface area contributed by atoms with Gasteiger partial charge >= 0.3 is 0 Å². The Balaban J connectivity index is 0.00000392. The number of guanidine groups is 1. The SMILES string of the molecule is CCNC(=NCc1cccc(C(=O)NC(C)(C)C)c1)NC1CCS(=O)(=O)C1.I. The van der Waals surface area contributed by atoms with Crippen LogP contribution < -0.4 is 16.0 Å². The van der Waals surface area contributed by atoms with E-state index < -0.39 is 9.84 Å². The van der Waals surface area contributed by atoms with Crippen molar-refractivity contribution in [2.24, 2.45) is 4.99 Å². The van der Waals surface area contributed by atoms with Crippen molar-refractivity contribution >= 4 is 45.7 Å². The van der Waals surface area contributed by atoms with Gasteiger partial charge in [-0.25, -0.2) is 13.4 Å². The van der Waals surface area contributed by atoms with E-state index in [1.165, 1.54) is 0 Å². The van der Waals surface area contributed by atoms with Gasteiger partial charge in [-0.2, -0.15) is 0 Å². The van der Waals surface area contributed by atoms with Gasteiger partial charge in [-0.3, -0.25) is 4.79 Å². The molecule has 0 aromatic heterocycles. The van der Waals surface area contributed by atoms with Gasteiger partial charge in [-0.1, -0.05) is 12.1 Å². The molecule has 1 aliphatic heterocycles. The molecule has 0 spiro atoms. The summed E-state index contributed by atoms with van der Waals surface area (Å²) >= 11 is 0. The molecule has 0 bridgehead atoms. The Bertz CT molecular complexity index is 804. The van der Waals surface area contributed by atoms with Gasteiger partial charge in [-0.05, 0) is 51.8 Å². The van der Waals surface area contributed by atoms with E-state index in [1.54, 1.807) is 6.07 Å². The van der Waals surface area contributed by atoms with E-state index in [-0.39, 0.29) is 53.0 Å². The number of aliphatic imine (C=N–C) groups is 1. The Morgan fingerprint density at radius 3 is 2.57 bits per heavy atom. The van der Waals surface area contributed by atoms with Crippen molar-refractivity contribution in [3.05, 3.63) is 35.4 Å². The highest BCUT2D eigenvalue weighted by molar-refractivity contribution is 14.0. The van der Waals surface area contributed by atoms with Crippen LogP contribution in [0.15, 0.2) is 29.3 Å². The van der Waals surface area contributed by atoms with E-state index in [9.17, 15) is 13.2 Å². The van der Waals surface area contributed by atoms with Crippen LogP contribution in [0.1, 0.15) is 50.0 Å². The lowest BCUT2D eigenvalue weighted by atomic mass is 10.1. The fraction of sp³-hybridized carbons (Fsp3) is 0.579. The smallest absolute Gasteiger partial charge is 0.251 e. The number of rotatable bonds is 5. The van der Waals surface area contributed by atoms with Crippen LogP contribution in [-0.4, -0.2) is 49.9 Å². The third kappa shape index (κ3) is 8.34. The van der Waals surface area contributed by atoms with E-state index in [0.29, 0.717) is 31.0 Å². The molecular formula is C19H31IN4O3S. The van der Waals surface area contributed by atoms with Crippen LogP contribution in [0.2, 0.25) is 0 Å². The molecule has 2 rings (SSSR count). The molecule has 1 unspecified atom stereocenters. The van der Waals surface area contributed by atoms with Crippen LogP contribution >= 0.6 is 24.0 Å². The first-order chi connectivity index (χ1) is 12.6. The third-order valence-corrected chi connectivity index (χ3v) is 5.78. The molecule has 158 valence electrons. The van der Waals surface area contributed by atoms with Crippen molar-refractivity contribution in [1.29, 1.82) is 0 Å². The summed E-state index contributed by atoms with van der Waals surface area (Å²) in [5.74, 6) is 0.827. The molecule has 28 heavy (non-hydrogen) atoms. The fourth-order valence-electron chi connectivity index (χ4n) is 2.82. The van der Waals surface area contributed by atoms with E-state index in [2.05, 4.69) is 20.9 Å². The highest BCUT2D eigenvalue weighted by Crippen LogP contribution is 2.12. The van der Waals surface area contributed by atoms with E-state index >= 15 is 0 Å². The molecule has 0 aliphatic carbocycles. The predicted molar refractivity (Wildman–Crippen MR) is 124 cm³/mol. The van der Waals surface area contributed by atoms with Crippen LogP contribution in [0.4, 0.5) is 0 Å². The lowest BCUT2D eigenvalue weighted by Gasteiger charge is -2.20. The molecular weight excluding hydrogens is 491 g/mol. The largest absolute Gasteiger partial charge is 0.357 e. The maximum Gasteiger partial charge on any atom is 0.251 e. The lowest BCUT2D eigenvalue weighted by molar-refractivity contribution is 0.0919. The molecule has 1 atom stereocenters. The molecule has 0 radical (unpaired) electrons. The number of halogens is 1. The molecule has 1 aromatic rings. The zero-order valence-electron chi connectivity index (χ0n) is 16.9. The van der Waals surface area contributed by atoms with Crippen molar-refractivity contribution in [2.75, 3.05) is 18.1 Å². The van der Waals surface area contributed by atoms with Gasteiger partial charge < -0.3 is 16.0 Å². The Labute approximate surface area is 185 Å². The highest BCUT2D eigenvalue weighted by atomic mass is 127. The van der Waals surface area contributed by atoms with Gasteiger partial charge in [0.05, 0.1) is 18.1 Å². The average molecular weight is 522 g/mol. The van der Waals surface area contributed by atoms with Gasteiger partial charge in [0, 0.05) is 23.7 Å². The predicted octanol–water partition coefficient (Wildman–Crippen LogP) is 2.08. The molecule has 1 aromatic carbocycles. The van der Waals surface area contributed by atoms with Gasteiger partial charge in [0.1, 0.15) is 0 Å². The van der Waals surface area contributed by atoms with Crippen molar-refractivity contribution in [3.63, 3.8) is 0 Å². The summed E-state index contributed by atoms with van der Waals surface area (Å²) in [5.41, 5.74) is 1.21. The van der Waals surface area contributed by atoms with Gasteiger partial charge in [0.15, 0.2) is 15.8 Å². The van der Waals surface area contributed by atoms with Crippen LogP contribution in [0.3, 0.4) is 0 Å². The minimum atomic E-state index is -2.94. The van der Waals surface area contributed by atoms with Crippen molar-refractivity contribution in [2.45, 2.75) is 52.2 Å². The molecule has 0 saturated carbocycles. The first-order valence-electron chi connectivity index (χ1n) is 9.25. The molecule has 1 amide bonds. The normalized spacial score (nSPS) is 18.9. The second-order valence-corrected chi connectivity index (χ2v) is 10.1. The molecule has 7 nitrogen and oxygen atoms in total. The zero-order valence-corrected chi connectivity index (χ0v) is 20.1. The molecule has 9 heteroatoms. The molecule has 3 N–H and O–H groups in total. The van der Waals surface area contributed by atoms with Crippen molar-refractivity contribution < 1.29 is 13.2 Å². The molecule has 1 heterocycles. The summed E-state index contributed by atoms with van der Waals surface area (Å²) in [6.07, 6.45) is 0.592. The van der Waals surface area contributed by atoms with Gasteiger partial charge in [-0.15, -0.1) is 24.0 Å². The standard InChI is InChI=1S/C19H30N4O3S.HI/c1-5-20-18(22-16-9-10-27(25,26)13-16)21-12-14-7-6-8-15(11-14)17(24)23-19(2,3)4;/h6-8,11,16H,5,9-10,12-13H2,1-4H3,(H,23,24)(H2,20,21,22);1H. The number of carbonyl (C=O) groups is 1. The van der Waals surface area contributed by atoms with Crippen molar-refractivity contribution in [1.82, 2.24) is 16.0 Å². The maximum absolute atomic E-state index is 12.3. The number of sulfone groups is 1. The number of hydrogen-bond acceptors (Lipinski definition) is 4. The number of nitrogens with one attached hydrogen (secondary N) is 3. The van der Waals surface area contributed by atoms with E-state index in [1.807, 2.05) is 45.9 Å². The summed E-state index contributed by atoms with van der Waals surface area (Å²) in [5, 5.41) is 9.28. The summed E-state index contributed by atoms with van der Waals surface area (Å²) in [6.45, 7) is 8.86. The third-order valence-electron chi connectivity index (χ3n) is 4.01. The summed E-state index contributed by atoms with van der Waals surface area (Å²) < 4.78 is 23.2. The monoisotopic (exact) mass is 522 g/mol. The maximum atomic E-state index is 12.3. The quantitative estimate of drug-likeness (QED) is 0.313.